The maximum absolute atomic E-state index is 12.2. The van der Waals surface area contributed by atoms with Crippen LogP contribution in [0.1, 0.15) is 25.7 Å². The Morgan fingerprint density at radius 1 is 1.28 bits per heavy atom. The van der Waals surface area contributed by atoms with E-state index in [1.807, 2.05) is 0 Å². The molecule has 6 N–H and O–H groups in total. The van der Waals surface area contributed by atoms with Gasteiger partial charge in [-0.3, -0.25) is 15.0 Å². The van der Waals surface area contributed by atoms with Crippen molar-refractivity contribution in [3.8, 4) is 0 Å². The summed E-state index contributed by atoms with van der Waals surface area (Å²) >= 11 is 0. The van der Waals surface area contributed by atoms with Gasteiger partial charge in [-0.15, -0.1) is 0 Å². The van der Waals surface area contributed by atoms with Gasteiger partial charge in [-0.2, -0.15) is 0 Å². The Balaban J connectivity index is 4.55. The Labute approximate surface area is 149 Å². The van der Waals surface area contributed by atoms with Crippen molar-refractivity contribution in [3.05, 3.63) is 0 Å². The summed E-state index contributed by atoms with van der Waals surface area (Å²) in [5.41, 5.74) is 5.14. The average Bonchev–Trinajstić information content (AvgIpc) is 2.47. The number of nitrogens with two attached hydrogens (primary N) is 1. The molecule has 0 heterocycles. The summed E-state index contributed by atoms with van der Waals surface area (Å²) in [7, 11) is -1.27. The number of carbonyl (C=O) groups is 3. The fraction of sp³-hybridized carbons (Fsp3) is 0.733. The second kappa shape index (κ2) is 11.5. The number of hydrogen-bond acceptors (Lipinski definition) is 5. The first-order valence-electron chi connectivity index (χ1n) is 8.27. The molecule has 1 amide bonds. The Morgan fingerprint density at radius 3 is 2.40 bits per heavy atom. The topological polar surface area (TPSA) is 155 Å². The second-order valence-corrected chi connectivity index (χ2v) is 12.7. The largest absolute Gasteiger partial charge is 0.480 e. The molecule has 25 heavy (non-hydrogen) atoms. The van der Waals surface area contributed by atoms with Crippen LogP contribution in [0.3, 0.4) is 0 Å². The van der Waals surface area contributed by atoms with Crippen LogP contribution in [0.4, 0.5) is 0 Å². The van der Waals surface area contributed by atoms with Crippen LogP contribution in [0.25, 0.3) is 0 Å². The number of carboxylic acid groups (broad SMARTS) is 1. The number of ether oxygens (including phenoxy) is 1. The van der Waals surface area contributed by atoms with Gasteiger partial charge in [0.05, 0.1) is 0 Å². The maximum atomic E-state index is 12.2. The molecule has 0 radical (unpaired) electrons. The van der Waals surface area contributed by atoms with E-state index in [-0.39, 0.29) is 18.9 Å². The van der Waals surface area contributed by atoms with Crippen molar-refractivity contribution in [2.24, 2.45) is 5.73 Å². The third-order valence-electron chi connectivity index (χ3n) is 3.50. The van der Waals surface area contributed by atoms with Gasteiger partial charge in [0.2, 0.25) is 0 Å². The van der Waals surface area contributed by atoms with Gasteiger partial charge in [0.1, 0.15) is 6.04 Å². The van der Waals surface area contributed by atoms with Gasteiger partial charge in [-0.25, -0.2) is 4.79 Å². The van der Waals surface area contributed by atoms with E-state index in [1.54, 1.807) is 0 Å². The summed E-state index contributed by atoms with van der Waals surface area (Å²) in [6.45, 7) is 7.17. The summed E-state index contributed by atoms with van der Waals surface area (Å²) < 4.78 is 4.83. The smallest absolute Gasteiger partial charge is 0.326 e. The summed E-state index contributed by atoms with van der Waals surface area (Å²) in [6, 6.07) is -0.103. The number of nitrogens with one attached hydrogen (secondary N) is 3. The van der Waals surface area contributed by atoms with Crippen molar-refractivity contribution in [1.82, 2.24) is 10.6 Å². The molecule has 2 atom stereocenters. The van der Waals surface area contributed by atoms with Crippen LogP contribution in [0.5, 0.6) is 0 Å². The Morgan fingerprint density at radius 2 is 1.92 bits per heavy atom. The monoisotopic (exact) mass is 374 g/mol. The highest BCUT2D eigenvalue weighted by Crippen LogP contribution is 2.15. The molecule has 144 valence electrons. The van der Waals surface area contributed by atoms with E-state index >= 15 is 0 Å². The molecule has 10 heteroatoms. The van der Waals surface area contributed by atoms with Crippen molar-refractivity contribution in [2.45, 2.75) is 63.5 Å². The number of hydrogen-bond donors (Lipinski definition) is 5. The summed E-state index contributed by atoms with van der Waals surface area (Å²) in [5, 5.41) is 21.2. The zero-order valence-electron chi connectivity index (χ0n) is 15.1. The van der Waals surface area contributed by atoms with E-state index in [9.17, 15) is 19.5 Å². The van der Waals surface area contributed by atoms with Crippen molar-refractivity contribution in [1.29, 1.82) is 5.41 Å². The lowest BCUT2D eigenvalue weighted by molar-refractivity contribution is -0.148. The van der Waals surface area contributed by atoms with Gasteiger partial charge in [0.25, 0.3) is 12.4 Å². The lowest BCUT2D eigenvalue weighted by Crippen LogP contribution is -2.46. The Hall–Kier alpha value is -2.10. The highest BCUT2D eigenvalue weighted by Gasteiger charge is 2.26. The minimum absolute atomic E-state index is 0.171. The highest BCUT2D eigenvalue weighted by atomic mass is 28.3. The lowest BCUT2D eigenvalue weighted by atomic mass is 10.1. The molecule has 0 aliphatic rings. The predicted octanol–water partition coefficient (Wildman–Crippen LogP) is 0.479. The Kier molecular flexibility index (Phi) is 10.5. The standard InChI is InChI=1S/C15H30N4O5Si/c1-25(2,3)9-5-7-12(24-10-20)13(21)19-11(14(22)23)6-4-8-18-15(16)17/h10-12H,4-9H2,1-3H3,(H,19,21)(H,22,23)(H4,16,17,18)/t11-,12?/m0/s1. The number of aliphatic carboxylic acids is 1. The first-order chi connectivity index (χ1) is 11.6. The molecule has 0 aromatic heterocycles. The van der Waals surface area contributed by atoms with Crippen LogP contribution in [-0.2, 0) is 19.1 Å². The molecule has 0 aromatic rings. The van der Waals surface area contributed by atoms with Gasteiger partial charge < -0.3 is 26.2 Å². The van der Waals surface area contributed by atoms with Crippen LogP contribution in [0, 0.1) is 5.41 Å². The van der Waals surface area contributed by atoms with E-state index in [2.05, 4.69) is 30.3 Å². The maximum Gasteiger partial charge on any atom is 0.326 e. The number of amides is 1. The van der Waals surface area contributed by atoms with E-state index in [0.717, 1.165) is 12.5 Å². The zero-order chi connectivity index (χ0) is 19.5. The number of carboxylic acids is 1. The zero-order valence-corrected chi connectivity index (χ0v) is 16.1. The third-order valence-corrected chi connectivity index (χ3v) is 5.36. The lowest BCUT2D eigenvalue weighted by Gasteiger charge is -2.21. The molecular formula is C15H30N4O5Si. The first-order valence-corrected chi connectivity index (χ1v) is 12.0. The minimum Gasteiger partial charge on any atom is -0.480 e. The molecule has 0 aromatic carbocycles. The summed E-state index contributed by atoms with van der Waals surface area (Å²) in [6.07, 6.45) is 0.705. The SMILES string of the molecule is C[Si](C)(C)CCCC(OC=O)C(=O)N[C@@H](CCCNC(=N)N)C(=O)O. The summed E-state index contributed by atoms with van der Waals surface area (Å²) in [5.74, 6) is -1.96. The second-order valence-electron chi connectivity index (χ2n) is 7.06. The quantitative estimate of drug-likeness (QED) is 0.103. The van der Waals surface area contributed by atoms with Crippen molar-refractivity contribution >= 4 is 32.4 Å². The molecule has 0 spiro atoms. The number of guanidine groups is 1. The average molecular weight is 375 g/mol. The van der Waals surface area contributed by atoms with Gasteiger partial charge >= 0.3 is 5.97 Å². The highest BCUT2D eigenvalue weighted by molar-refractivity contribution is 6.76. The molecule has 0 saturated carbocycles. The van der Waals surface area contributed by atoms with Crippen molar-refractivity contribution in [3.63, 3.8) is 0 Å². The number of rotatable bonds is 13. The van der Waals surface area contributed by atoms with Crippen molar-refractivity contribution in [2.75, 3.05) is 6.54 Å². The van der Waals surface area contributed by atoms with Crippen LogP contribution in [-0.4, -0.2) is 56.2 Å². The molecule has 0 aliphatic carbocycles. The molecule has 9 nitrogen and oxygen atoms in total. The van der Waals surface area contributed by atoms with E-state index < -0.39 is 32.1 Å². The summed E-state index contributed by atoms with van der Waals surface area (Å²) in [4.78, 5) is 34.1. The first kappa shape index (κ1) is 22.9. The Bertz CT molecular complexity index is 467. The normalized spacial score (nSPS) is 13.4. The molecular weight excluding hydrogens is 344 g/mol. The van der Waals surface area contributed by atoms with E-state index in [0.29, 0.717) is 19.4 Å². The molecule has 1 unspecified atom stereocenters. The van der Waals surface area contributed by atoms with Crippen LogP contribution >= 0.6 is 0 Å². The molecule has 0 rings (SSSR count). The van der Waals surface area contributed by atoms with Gasteiger partial charge in [-0.1, -0.05) is 32.1 Å². The molecule has 0 aliphatic heterocycles. The van der Waals surface area contributed by atoms with Crippen molar-refractivity contribution < 1.29 is 24.2 Å². The van der Waals surface area contributed by atoms with E-state index in [1.165, 1.54) is 0 Å². The molecule has 0 bridgehead atoms. The molecule has 0 fully saturated rings. The van der Waals surface area contributed by atoms with Crippen LogP contribution in [0.15, 0.2) is 0 Å². The van der Waals surface area contributed by atoms with Gasteiger partial charge in [0, 0.05) is 14.6 Å². The fourth-order valence-corrected chi connectivity index (χ4v) is 3.46. The van der Waals surface area contributed by atoms with Crippen LogP contribution < -0.4 is 16.4 Å². The van der Waals surface area contributed by atoms with Gasteiger partial charge in [-0.05, 0) is 19.3 Å². The van der Waals surface area contributed by atoms with E-state index in [4.69, 9.17) is 15.9 Å². The third kappa shape index (κ3) is 12.0. The number of carbonyl (C=O) groups excluding carboxylic acids is 2. The fourth-order valence-electron chi connectivity index (χ4n) is 2.20. The minimum atomic E-state index is -1.27. The predicted molar refractivity (Wildman–Crippen MR) is 97.0 cm³/mol. The van der Waals surface area contributed by atoms with Gasteiger partial charge in [0.15, 0.2) is 12.1 Å². The molecule has 0 saturated heterocycles. The van der Waals surface area contributed by atoms with Crippen LogP contribution in [0.2, 0.25) is 25.7 Å².